The number of hydrogen-bond acceptors (Lipinski definition) is 3. The first-order valence-electron chi connectivity index (χ1n) is 11.0. The van der Waals surface area contributed by atoms with E-state index >= 15 is 0 Å². The van der Waals surface area contributed by atoms with Gasteiger partial charge in [0.15, 0.2) is 0 Å². The first-order valence-corrected chi connectivity index (χ1v) is 11.0. The molecule has 6 nitrogen and oxygen atoms in total. The summed E-state index contributed by atoms with van der Waals surface area (Å²) < 4.78 is 1.73. The number of nitrogens with one attached hydrogen (secondary N) is 2. The van der Waals surface area contributed by atoms with E-state index in [2.05, 4.69) is 10.6 Å². The van der Waals surface area contributed by atoms with Crippen LogP contribution in [0.25, 0.3) is 16.9 Å². The molecule has 33 heavy (non-hydrogen) atoms. The van der Waals surface area contributed by atoms with Gasteiger partial charge in [-0.2, -0.15) is 5.10 Å². The van der Waals surface area contributed by atoms with E-state index in [9.17, 15) is 9.59 Å². The van der Waals surface area contributed by atoms with E-state index in [1.165, 1.54) is 0 Å². The van der Waals surface area contributed by atoms with E-state index in [4.69, 9.17) is 5.10 Å². The van der Waals surface area contributed by atoms with Crippen LogP contribution in [0.2, 0.25) is 0 Å². The largest absolute Gasteiger partial charge is 0.326 e. The molecule has 0 bridgehead atoms. The molecule has 5 rings (SSSR count). The summed E-state index contributed by atoms with van der Waals surface area (Å²) in [5.41, 5.74) is 5.37. The van der Waals surface area contributed by atoms with Crippen LogP contribution in [-0.4, -0.2) is 21.6 Å². The summed E-state index contributed by atoms with van der Waals surface area (Å²) in [6.07, 6.45) is 3.67. The maximum atomic E-state index is 13.2. The molecule has 164 valence electrons. The number of carbonyl (C=O) groups excluding carboxylic acids is 2. The minimum atomic E-state index is -0.248. The Morgan fingerprint density at radius 1 is 0.848 bits per heavy atom. The molecule has 1 aliphatic carbocycles. The van der Waals surface area contributed by atoms with E-state index in [1.807, 2.05) is 61.5 Å². The first-order chi connectivity index (χ1) is 16.1. The average Bonchev–Trinajstić information content (AvgIpc) is 3.60. The fraction of sp³-hybridized carbons (Fsp3) is 0.148. The van der Waals surface area contributed by atoms with E-state index in [0.29, 0.717) is 16.9 Å². The molecular formula is C27H24N4O2. The molecule has 1 fully saturated rings. The molecule has 4 aromatic rings. The normalized spacial score (nSPS) is 12.9. The molecule has 0 spiro atoms. The maximum Gasteiger partial charge on any atom is 0.259 e. The minimum absolute atomic E-state index is 0.0582. The van der Waals surface area contributed by atoms with Gasteiger partial charge in [0.1, 0.15) is 5.69 Å². The van der Waals surface area contributed by atoms with Gasteiger partial charge in [-0.1, -0.05) is 48.0 Å². The number of benzene rings is 3. The Morgan fingerprint density at radius 2 is 1.48 bits per heavy atom. The SMILES string of the molecule is Cc1ccc(-n2cc(C(=O)Nc3ccc(NC(=O)C4CC4)cc3)c(-c3ccccc3)n2)cc1. The summed E-state index contributed by atoms with van der Waals surface area (Å²) in [6, 6.07) is 24.8. The lowest BCUT2D eigenvalue weighted by atomic mass is 10.1. The molecule has 1 saturated carbocycles. The highest BCUT2D eigenvalue weighted by molar-refractivity contribution is 6.08. The smallest absolute Gasteiger partial charge is 0.259 e. The molecule has 6 heteroatoms. The average molecular weight is 437 g/mol. The molecule has 0 radical (unpaired) electrons. The Kier molecular flexibility index (Phi) is 5.48. The molecule has 0 atom stereocenters. The van der Waals surface area contributed by atoms with Crippen molar-refractivity contribution >= 4 is 23.2 Å². The lowest BCUT2D eigenvalue weighted by Crippen LogP contribution is -2.14. The summed E-state index contributed by atoms with van der Waals surface area (Å²) in [7, 11) is 0. The quantitative estimate of drug-likeness (QED) is 0.422. The van der Waals surface area contributed by atoms with Crippen LogP contribution in [-0.2, 0) is 4.79 Å². The third-order valence-electron chi connectivity index (χ3n) is 5.66. The monoisotopic (exact) mass is 436 g/mol. The molecule has 1 aliphatic rings. The van der Waals surface area contributed by atoms with Crippen molar-refractivity contribution in [2.24, 2.45) is 5.92 Å². The van der Waals surface area contributed by atoms with E-state index in [-0.39, 0.29) is 17.7 Å². The fourth-order valence-electron chi connectivity index (χ4n) is 3.60. The summed E-state index contributed by atoms with van der Waals surface area (Å²) in [5, 5.41) is 10.6. The predicted molar refractivity (Wildman–Crippen MR) is 129 cm³/mol. The Balaban J connectivity index is 1.40. The summed E-state index contributed by atoms with van der Waals surface area (Å²) >= 11 is 0. The summed E-state index contributed by atoms with van der Waals surface area (Å²) in [5.74, 6) is -0.0457. The van der Waals surface area contributed by atoms with Gasteiger partial charge in [-0.05, 0) is 56.2 Å². The van der Waals surface area contributed by atoms with Crippen molar-refractivity contribution in [3.8, 4) is 16.9 Å². The van der Waals surface area contributed by atoms with Crippen LogP contribution in [0.5, 0.6) is 0 Å². The fourth-order valence-corrected chi connectivity index (χ4v) is 3.60. The highest BCUT2D eigenvalue weighted by Crippen LogP contribution is 2.30. The zero-order valence-electron chi connectivity index (χ0n) is 18.3. The topological polar surface area (TPSA) is 76.0 Å². The van der Waals surface area contributed by atoms with Crippen molar-refractivity contribution in [2.45, 2.75) is 19.8 Å². The molecule has 0 saturated heterocycles. The highest BCUT2D eigenvalue weighted by atomic mass is 16.2. The predicted octanol–water partition coefficient (Wildman–Crippen LogP) is 5.45. The molecule has 1 aromatic heterocycles. The third-order valence-corrected chi connectivity index (χ3v) is 5.66. The molecular weight excluding hydrogens is 412 g/mol. The van der Waals surface area contributed by atoms with E-state index < -0.39 is 0 Å². The van der Waals surface area contributed by atoms with Crippen molar-refractivity contribution < 1.29 is 9.59 Å². The minimum Gasteiger partial charge on any atom is -0.326 e. The third kappa shape index (κ3) is 4.70. The van der Waals surface area contributed by atoms with Crippen LogP contribution < -0.4 is 10.6 Å². The highest BCUT2D eigenvalue weighted by Gasteiger charge is 2.29. The molecule has 0 aliphatic heterocycles. The van der Waals surface area contributed by atoms with E-state index in [1.54, 1.807) is 35.1 Å². The zero-order chi connectivity index (χ0) is 22.8. The van der Waals surface area contributed by atoms with Crippen molar-refractivity contribution in [3.05, 3.63) is 96.2 Å². The second-order valence-electron chi connectivity index (χ2n) is 8.33. The van der Waals surface area contributed by atoms with Gasteiger partial charge in [0, 0.05) is 29.1 Å². The Morgan fingerprint density at radius 3 is 2.12 bits per heavy atom. The number of rotatable bonds is 6. The summed E-state index contributed by atoms with van der Waals surface area (Å²) in [6.45, 7) is 2.03. The van der Waals surface area contributed by atoms with Crippen LogP contribution in [0.1, 0.15) is 28.8 Å². The molecule has 3 aromatic carbocycles. The van der Waals surface area contributed by atoms with Gasteiger partial charge in [-0.15, -0.1) is 0 Å². The lowest BCUT2D eigenvalue weighted by molar-refractivity contribution is -0.117. The number of anilines is 2. The van der Waals surface area contributed by atoms with Gasteiger partial charge in [0.25, 0.3) is 5.91 Å². The Labute approximate surface area is 192 Å². The van der Waals surface area contributed by atoms with Crippen molar-refractivity contribution in [1.82, 2.24) is 9.78 Å². The maximum absolute atomic E-state index is 13.2. The second kappa shape index (κ2) is 8.74. The van der Waals surface area contributed by atoms with Crippen molar-refractivity contribution in [3.63, 3.8) is 0 Å². The van der Waals surface area contributed by atoms with Gasteiger partial charge < -0.3 is 10.6 Å². The van der Waals surface area contributed by atoms with Crippen LogP contribution in [0, 0.1) is 12.8 Å². The van der Waals surface area contributed by atoms with Crippen LogP contribution in [0.15, 0.2) is 85.1 Å². The Bertz CT molecular complexity index is 1290. The number of nitrogens with zero attached hydrogens (tertiary/aromatic N) is 2. The van der Waals surface area contributed by atoms with Gasteiger partial charge in [-0.3, -0.25) is 9.59 Å². The number of hydrogen-bond donors (Lipinski definition) is 2. The number of carbonyl (C=O) groups is 2. The van der Waals surface area contributed by atoms with Gasteiger partial charge in [0.2, 0.25) is 5.91 Å². The van der Waals surface area contributed by atoms with Gasteiger partial charge in [0.05, 0.1) is 11.3 Å². The van der Waals surface area contributed by atoms with Crippen LogP contribution in [0.4, 0.5) is 11.4 Å². The standard InChI is InChI=1S/C27H24N4O2/c1-18-7-15-23(16-8-18)31-17-24(25(30-31)19-5-3-2-4-6-19)27(33)29-22-13-11-21(12-14-22)28-26(32)20-9-10-20/h2-8,11-17,20H,9-10H2,1H3,(H,28,32)(H,29,33). The molecule has 2 amide bonds. The van der Waals surface area contributed by atoms with Crippen LogP contribution >= 0.6 is 0 Å². The van der Waals surface area contributed by atoms with E-state index in [0.717, 1.165) is 35.3 Å². The number of aryl methyl sites for hydroxylation is 1. The van der Waals surface area contributed by atoms with Crippen molar-refractivity contribution in [2.75, 3.05) is 10.6 Å². The van der Waals surface area contributed by atoms with Gasteiger partial charge >= 0.3 is 0 Å². The first kappa shape index (κ1) is 20.7. The molecule has 1 heterocycles. The Hall–Kier alpha value is -4.19. The zero-order valence-corrected chi connectivity index (χ0v) is 18.3. The van der Waals surface area contributed by atoms with Gasteiger partial charge in [-0.25, -0.2) is 4.68 Å². The summed E-state index contributed by atoms with van der Waals surface area (Å²) in [4.78, 5) is 25.2. The van der Waals surface area contributed by atoms with Crippen LogP contribution in [0.3, 0.4) is 0 Å². The number of amides is 2. The molecule has 2 N–H and O–H groups in total. The van der Waals surface area contributed by atoms with Crippen molar-refractivity contribution in [1.29, 1.82) is 0 Å². The second-order valence-corrected chi connectivity index (χ2v) is 8.33. The number of aromatic nitrogens is 2. The lowest BCUT2D eigenvalue weighted by Gasteiger charge is -2.08. The molecule has 0 unspecified atom stereocenters.